The lowest BCUT2D eigenvalue weighted by molar-refractivity contribution is -0.123. The van der Waals surface area contributed by atoms with Crippen LogP contribution in [0.2, 0.25) is 5.15 Å². The summed E-state index contributed by atoms with van der Waals surface area (Å²) in [6.45, 7) is 0.614. The van der Waals surface area contributed by atoms with Gasteiger partial charge in [0, 0.05) is 42.7 Å². The molecule has 4 rings (SSSR count). The van der Waals surface area contributed by atoms with E-state index in [1.54, 1.807) is 17.3 Å². The number of aromatic nitrogens is 4. The van der Waals surface area contributed by atoms with Gasteiger partial charge in [0.25, 0.3) is 0 Å². The van der Waals surface area contributed by atoms with E-state index in [-0.39, 0.29) is 17.0 Å². The Labute approximate surface area is 160 Å². The molecule has 1 aliphatic rings. The van der Waals surface area contributed by atoms with Gasteiger partial charge in [-0.3, -0.25) is 19.8 Å². The first-order valence-corrected chi connectivity index (χ1v) is 9.07. The molecule has 0 aliphatic carbocycles. The van der Waals surface area contributed by atoms with Crippen LogP contribution in [-0.2, 0) is 11.2 Å². The van der Waals surface area contributed by atoms with Gasteiger partial charge in [0.05, 0.1) is 5.69 Å². The molecule has 1 fully saturated rings. The molecule has 0 bridgehead atoms. The second kappa shape index (κ2) is 7.44. The molecule has 1 unspecified atom stereocenters. The van der Waals surface area contributed by atoms with E-state index in [0.29, 0.717) is 24.3 Å². The summed E-state index contributed by atoms with van der Waals surface area (Å²) in [5.74, 6) is -0.216. The second-order valence-electron chi connectivity index (χ2n) is 6.53. The van der Waals surface area contributed by atoms with E-state index < -0.39 is 5.82 Å². The molecule has 3 aromatic rings. The number of halogens is 2. The summed E-state index contributed by atoms with van der Waals surface area (Å²) in [5, 5.41) is 7.12. The number of rotatable bonds is 4. The standard InChI is InChI=1S/C19H17ClFN5O/c20-18-15(21)9-12(11-23-18)8-14-2-1-7-26(19(14)27)17-10-16(24-25-17)13-3-5-22-6-4-13/h3-6,9-11,14H,1-2,7-8H2,(H,24,25). The van der Waals surface area contributed by atoms with Gasteiger partial charge >= 0.3 is 0 Å². The number of carbonyl (C=O) groups is 1. The summed E-state index contributed by atoms with van der Waals surface area (Å²) in [6, 6.07) is 6.96. The summed E-state index contributed by atoms with van der Waals surface area (Å²) < 4.78 is 13.6. The van der Waals surface area contributed by atoms with E-state index in [9.17, 15) is 9.18 Å². The van der Waals surface area contributed by atoms with Gasteiger partial charge in [-0.2, -0.15) is 5.10 Å². The summed E-state index contributed by atoms with van der Waals surface area (Å²) in [5.41, 5.74) is 2.44. The highest BCUT2D eigenvalue weighted by atomic mass is 35.5. The number of aromatic amines is 1. The highest BCUT2D eigenvalue weighted by Gasteiger charge is 2.31. The molecule has 1 N–H and O–H groups in total. The van der Waals surface area contributed by atoms with Gasteiger partial charge in [-0.05, 0) is 43.0 Å². The van der Waals surface area contributed by atoms with Crippen molar-refractivity contribution in [3.63, 3.8) is 0 Å². The molecule has 0 spiro atoms. The van der Waals surface area contributed by atoms with Crippen molar-refractivity contribution in [2.24, 2.45) is 5.92 Å². The monoisotopic (exact) mass is 385 g/mol. The van der Waals surface area contributed by atoms with Gasteiger partial charge in [-0.25, -0.2) is 9.37 Å². The molecule has 27 heavy (non-hydrogen) atoms. The normalized spacial score (nSPS) is 17.3. The number of H-pyrrole nitrogens is 1. The first kappa shape index (κ1) is 17.6. The second-order valence-corrected chi connectivity index (χ2v) is 6.88. The fourth-order valence-corrected chi connectivity index (χ4v) is 3.46. The molecule has 0 radical (unpaired) electrons. The highest BCUT2D eigenvalue weighted by Crippen LogP contribution is 2.28. The Bertz CT molecular complexity index is 962. The topological polar surface area (TPSA) is 74.8 Å². The number of amides is 1. The van der Waals surface area contributed by atoms with Crippen molar-refractivity contribution < 1.29 is 9.18 Å². The van der Waals surface area contributed by atoms with Gasteiger partial charge in [0.1, 0.15) is 0 Å². The Hall–Kier alpha value is -2.80. The lowest BCUT2D eigenvalue weighted by Crippen LogP contribution is -2.42. The first-order valence-electron chi connectivity index (χ1n) is 8.69. The number of hydrogen-bond acceptors (Lipinski definition) is 4. The maximum Gasteiger partial charge on any atom is 0.231 e. The molecule has 3 aromatic heterocycles. The van der Waals surface area contributed by atoms with Crippen molar-refractivity contribution in [1.29, 1.82) is 0 Å². The van der Waals surface area contributed by atoms with Crippen LogP contribution in [0.25, 0.3) is 11.3 Å². The summed E-state index contributed by atoms with van der Waals surface area (Å²) in [4.78, 5) is 22.5. The number of nitrogens with zero attached hydrogens (tertiary/aromatic N) is 4. The molecule has 1 aliphatic heterocycles. The van der Waals surface area contributed by atoms with Gasteiger partial charge < -0.3 is 0 Å². The third-order valence-electron chi connectivity index (χ3n) is 4.72. The minimum Gasteiger partial charge on any atom is -0.295 e. The van der Waals surface area contributed by atoms with E-state index in [1.807, 2.05) is 18.2 Å². The van der Waals surface area contributed by atoms with Crippen molar-refractivity contribution >= 4 is 23.3 Å². The number of carbonyl (C=O) groups excluding carboxylic acids is 1. The number of anilines is 1. The summed E-state index contributed by atoms with van der Waals surface area (Å²) in [6.07, 6.45) is 6.97. The zero-order valence-electron chi connectivity index (χ0n) is 14.4. The Morgan fingerprint density at radius 1 is 1.30 bits per heavy atom. The summed E-state index contributed by atoms with van der Waals surface area (Å²) in [7, 11) is 0. The van der Waals surface area contributed by atoms with E-state index in [1.165, 1.54) is 12.3 Å². The molecule has 0 saturated carbocycles. The van der Waals surface area contributed by atoms with Crippen molar-refractivity contribution in [3.8, 4) is 11.3 Å². The number of hydrogen-bond donors (Lipinski definition) is 1. The predicted molar refractivity (Wildman–Crippen MR) is 99.8 cm³/mol. The van der Waals surface area contributed by atoms with Crippen molar-refractivity contribution in [2.75, 3.05) is 11.4 Å². The van der Waals surface area contributed by atoms with Gasteiger partial charge in [-0.1, -0.05) is 11.6 Å². The highest BCUT2D eigenvalue weighted by molar-refractivity contribution is 6.29. The Morgan fingerprint density at radius 2 is 2.11 bits per heavy atom. The molecule has 1 atom stereocenters. The van der Waals surface area contributed by atoms with Gasteiger partial charge in [-0.15, -0.1) is 0 Å². The lowest BCUT2D eigenvalue weighted by atomic mass is 9.91. The molecule has 4 heterocycles. The number of piperidine rings is 1. The van der Waals surface area contributed by atoms with Crippen LogP contribution >= 0.6 is 11.6 Å². The molecular formula is C19H17ClFN5O. The fourth-order valence-electron chi connectivity index (χ4n) is 3.35. The van der Waals surface area contributed by atoms with Gasteiger partial charge in [0.2, 0.25) is 5.91 Å². The SMILES string of the molecule is O=C1C(Cc2cnc(Cl)c(F)c2)CCCN1c1cc(-c2ccncc2)[nH]n1. The molecule has 138 valence electrons. The zero-order valence-corrected chi connectivity index (χ0v) is 15.2. The lowest BCUT2D eigenvalue weighted by Gasteiger charge is -2.30. The predicted octanol–water partition coefficient (Wildman–Crippen LogP) is 3.64. The third-order valence-corrected chi connectivity index (χ3v) is 4.99. The van der Waals surface area contributed by atoms with Crippen LogP contribution in [0.1, 0.15) is 18.4 Å². The van der Waals surface area contributed by atoms with E-state index in [4.69, 9.17) is 11.6 Å². The van der Waals surface area contributed by atoms with Crippen LogP contribution in [0.3, 0.4) is 0 Å². The molecule has 0 aromatic carbocycles. The molecular weight excluding hydrogens is 369 g/mol. The van der Waals surface area contributed by atoms with E-state index >= 15 is 0 Å². The van der Waals surface area contributed by atoms with Gasteiger partial charge in [0.15, 0.2) is 16.8 Å². The summed E-state index contributed by atoms with van der Waals surface area (Å²) >= 11 is 5.63. The Kier molecular flexibility index (Phi) is 4.85. The number of pyridine rings is 2. The molecule has 1 amide bonds. The zero-order chi connectivity index (χ0) is 18.8. The van der Waals surface area contributed by atoms with Crippen LogP contribution in [0.4, 0.5) is 10.2 Å². The maximum atomic E-state index is 13.6. The van der Waals surface area contributed by atoms with Crippen LogP contribution in [0.15, 0.2) is 42.9 Å². The average Bonchev–Trinajstić information content (AvgIpc) is 3.17. The minimum absolute atomic E-state index is 0.00983. The fraction of sp³-hybridized carbons (Fsp3) is 0.263. The van der Waals surface area contributed by atoms with Crippen molar-refractivity contribution in [2.45, 2.75) is 19.3 Å². The van der Waals surface area contributed by atoms with E-state index in [0.717, 1.165) is 24.1 Å². The maximum absolute atomic E-state index is 13.6. The largest absolute Gasteiger partial charge is 0.295 e. The average molecular weight is 386 g/mol. The van der Waals surface area contributed by atoms with Crippen LogP contribution < -0.4 is 4.90 Å². The smallest absolute Gasteiger partial charge is 0.231 e. The van der Waals surface area contributed by atoms with Crippen LogP contribution in [-0.4, -0.2) is 32.6 Å². The molecule has 6 nitrogen and oxygen atoms in total. The molecule has 1 saturated heterocycles. The van der Waals surface area contributed by atoms with Crippen molar-refractivity contribution in [3.05, 3.63) is 59.4 Å². The Morgan fingerprint density at radius 3 is 2.89 bits per heavy atom. The first-order chi connectivity index (χ1) is 13.1. The molecule has 8 heteroatoms. The Balaban J connectivity index is 1.52. The minimum atomic E-state index is -0.566. The van der Waals surface area contributed by atoms with Crippen LogP contribution in [0, 0.1) is 11.7 Å². The third kappa shape index (κ3) is 3.68. The van der Waals surface area contributed by atoms with Crippen LogP contribution in [0.5, 0.6) is 0 Å². The van der Waals surface area contributed by atoms with E-state index in [2.05, 4.69) is 20.2 Å². The quantitative estimate of drug-likeness (QED) is 0.696. The van der Waals surface area contributed by atoms with Crippen molar-refractivity contribution in [1.82, 2.24) is 20.2 Å². The number of nitrogens with one attached hydrogen (secondary N) is 1.